The lowest BCUT2D eigenvalue weighted by Gasteiger charge is -1.90. The van der Waals surface area contributed by atoms with Crippen molar-refractivity contribution in [3.8, 4) is 0 Å². The van der Waals surface area contributed by atoms with E-state index < -0.39 is 4.92 Å². The molecule has 0 saturated heterocycles. The van der Waals surface area contributed by atoms with E-state index in [-0.39, 0.29) is 11.2 Å². The van der Waals surface area contributed by atoms with Gasteiger partial charge in [0.05, 0.1) is 0 Å². The first kappa shape index (κ1) is 8.00. The van der Waals surface area contributed by atoms with Crippen LogP contribution in [-0.2, 0) is 0 Å². The van der Waals surface area contributed by atoms with Crippen LogP contribution in [0.25, 0.3) is 0 Å². The van der Waals surface area contributed by atoms with Crippen molar-refractivity contribution in [3.63, 3.8) is 0 Å². The molecule has 60 valence electrons. The molecule has 0 fully saturated rings. The van der Waals surface area contributed by atoms with E-state index in [1.165, 1.54) is 0 Å². The van der Waals surface area contributed by atoms with E-state index in [2.05, 4.69) is 9.97 Å². The molecular weight excluding hydrogens is 170 g/mol. The summed E-state index contributed by atoms with van der Waals surface area (Å²) in [6, 6.07) is 0. The fourth-order valence-electron chi connectivity index (χ4n) is 0.621. The number of alkyl halides is 1. The molecule has 11 heavy (non-hydrogen) atoms. The Morgan fingerprint density at radius 2 is 2.55 bits per heavy atom. The van der Waals surface area contributed by atoms with Crippen LogP contribution < -0.4 is 0 Å². The van der Waals surface area contributed by atoms with Gasteiger partial charge in [0.25, 0.3) is 0 Å². The molecule has 1 aromatic rings. The van der Waals surface area contributed by atoms with Gasteiger partial charge in [-0.25, -0.2) is 9.97 Å². The third-order valence-corrected chi connectivity index (χ3v) is 1.36. The second-order valence-electron chi connectivity index (χ2n) is 2.03. The van der Waals surface area contributed by atoms with E-state index in [0.29, 0.717) is 5.82 Å². The maximum absolute atomic E-state index is 10.1. The predicted octanol–water partition coefficient (Wildman–Crippen LogP) is 1.62. The molecule has 6 heteroatoms. The number of hydrogen-bond acceptors (Lipinski definition) is 3. The van der Waals surface area contributed by atoms with E-state index in [4.69, 9.17) is 11.6 Å². The fraction of sp³-hybridized carbons (Fsp3) is 0.400. The van der Waals surface area contributed by atoms with Crippen LogP contribution in [0.2, 0.25) is 0 Å². The molecule has 1 rings (SSSR count). The zero-order valence-electron chi connectivity index (χ0n) is 5.74. The van der Waals surface area contributed by atoms with Crippen LogP contribution in [0.5, 0.6) is 0 Å². The summed E-state index contributed by atoms with van der Waals surface area (Å²) in [5.41, 5.74) is 0. The minimum absolute atomic E-state index is 0.132. The SMILES string of the molecule is CC(Cl)c1ncc([N+](=O)[O-])[nH]1. The van der Waals surface area contributed by atoms with Crippen LogP contribution >= 0.6 is 11.6 Å². The first-order valence-corrected chi connectivity index (χ1v) is 3.38. The first-order valence-electron chi connectivity index (χ1n) is 2.94. The van der Waals surface area contributed by atoms with Crippen LogP contribution in [0.4, 0.5) is 5.82 Å². The minimum atomic E-state index is -0.546. The Labute approximate surface area is 67.5 Å². The van der Waals surface area contributed by atoms with Gasteiger partial charge in [-0.2, -0.15) is 0 Å². The average molecular weight is 176 g/mol. The van der Waals surface area contributed by atoms with Crippen LogP contribution in [0, 0.1) is 10.1 Å². The van der Waals surface area contributed by atoms with Gasteiger partial charge in [0.15, 0.2) is 0 Å². The average Bonchev–Trinajstić information content (AvgIpc) is 2.33. The summed E-state index contributed by atoms with van der Waals surface area (Å²) in [5.74, 6) is 0.283. The molecule has 1 heterocycles. The van der Waals surface area contributed by atoms with E-state index in [1.807, 2.05) is 0 Å². The maximum atomic E-state index is 10.1. The number of aromatic nitrogens is 2. The van der Waals surface area contributed by atoms with Crippen LogP contribution in [0.15, 0.2) is 6.20 Å². The molecule has 0 aromatic carbocycles. The second-order valence-corrected chi connectivity index (χ2v) is 2.68. The summed E-state index contributed by atoms with van der Waals surface area (Å²) in [4.78, 5) is 15.8. The van der Waals surface area contributed by atoms with Crippen molar-refractivity contribution in [1.29, 1.82) is 0 Å². The number of nitrogens with one attached hydrogen (secondary N) is 1. The molecule has 0 bridgehead atoms. The fourth-order valence-corrected chi connectivity index (χ4v) is 0.732. The van der Waals surface area contributed by atoms with Gasteiger partial charge < -0.3 is 10.1 Å². The first-order chi connectivity index (χ1) is 5.11. The van der Waals surface area contributed by atoms with Crippen molar-refractivity contribution < 1.29 is 4.92 Å². The molecule has 0 aliphatic carbocycles. The van der Waals surface area contributed by atoms with Gasteiger partial charge in [-0.15, -0.1) is 11.6 Å². The molecule has 0 aliphatic heterocycles. The summed E-state index contributed by atoms with van der Waals surface area (Å²) in [7, 11) is 0. The molecule has 1 unspecified atom stereocenters. The van der Waals surface area contributed by atoms with Gasteiger partial charge in [-0.05, 0) is 11.8 Å². The number of hydrogen-bond donors (Lipinski definition) is 1. The standard InChI is InChI=1S/C5H6ClN3O2/c1-3(6)5-7-2-4(8-5)9(10)11/h2-3H,1H3,(H,7,8). The Bertz CT molecular complexity index is 270. The van der Waals surface area contributed by atoms with Crippen molar-refractivity contribution in [3.05, 3.63) is 22.1 Å². The van der Waals surface area contributed by atoms with E-state index in [9.17, 15) is 10.1 Å². The number of H-pyrrole nitrogens is 1. The van der Waals surface area contributed by atoms with E-state index >= 15 is 0 Å². The smallest absolute Gasteiger partial charge is 0.340 e. The molecule has 0 amide bonds. The number of aromatic amines is 1. The summed E-state index contributed by atoms with van der Waals surface area (Å²) < 4.78 is 0. The maximum Gasteiger partial charge on any atom is 0.340 e. The Hall–Kier alpha value is -1.10. The van der Waals surface area contributed by atoms with Gasteiger partial charge in [0, 0.05) is 0 Å². The van der Waals surface area contributed by atoms with Crippen molar-refractivity contribution in [2.75, 3.05) is 0 Å². The molecule has 1 atom stereocenters. The van der Waals surface area contributed by atoms with Crippen LogP contribution in [0.3, 0.4) is 0 Å². The van der Waals surface area contributed by atoms with Crippen LogP contribution in [0.1, 0.15) is 18.1 Å². The summed E-state index contributed by atoms with van der Waals surface area (Å²) in [6.45, 7) is 1.68. The number of nitro groups is 1. The Morgan fingerprint density at radius 1 is 1.91 bits per heavy atom. The topological polar surface area (TPSA) is 71.8 Å². The van der Waals surface area contributed by atoms with E-state index in [1.54, 1.807) is 6.92 Å². The predicted molar refractivity (Wildman–Crippen MR) is 39.5 cm³/mol. The Kier molecular flexibility index (Phi) is 2.09. The quantitative estimate of drug-likeness (QED) is 0.422. The normalized spacial score (nSPS) is 12.9. The molecule has 1 aromatic heterocycles. The molecule has 0 spiro atoms. The van der Waals surface area contributed by atoms with Crippen molar-refractivity contribution in [2.45, 2.75) is 12.3 Å². The highest BCUT2D eigenvalue weighted by Crippen LogP contribution is 2.17. The highest BCUT2D eigenvalue weighted by Gasteiger charge is 2.13. The molecule has 1 N–H and O–H groups in total. The molecule has 0 aliphatic rings. The highest BCUT2D eigenvalue weighted by molar-refractivity contribution is 6.20. The number of imidazole rings is 1. The second kappa shape index (κ2) is 2.87. The summed E-state index contributed by atoms with van der Waals surface area (Å²) in [5, 5.41) is 9.80. The van der Waals surface area contributed by atoms with Gasteiger partial charge in [-0.3, -0.25) is 0 Å². The Balaban J connectivity index is 2.90. The summed E-state index contributed by atoms with van der Waals surface area (Å²) in [6.07, 6.45) is 1.15. The monoisotopic (exact) mass is 175 g/mol. The summed E-state index contributed by atoms with van der Waals surface area (Å²) >= 11 is 5.60. The zero-order valence-corrected chi connectivity index (χ0v) is 6.50. The Morgan fingerprint density at radius 3 is 2.82 bits per heavy atom. The number of halogens is 1. The molecule has 0 radical (unpaired) electrons. The van der Waals surface area contributed by atoms with Gasteiger partial charge in [0.2, 0.25) is 5.82 Å². The number of nitrogens with zero attached hydrogens (tertiary/aromatic N) is 2. The van der Waals surface area contributed by atoms with Gasteiger partial charge in [0.1, 0.15) is 11.6 Å². The molecule has 0 saturated carbocycles. The highest BCUT2D eigenvalue weighted by atomic mass is 35.5. The molecule has 5 nitrogen and oxygen atoms in total. The minimum Gasteiger partial charge on any atom is -0.358 e. The van der Waals surface area contributed by atoms with Gasteiger partial charge >= 0.3 is 5.82 Å². The third kappa shape index (κ3) is 1.68. The lowest BCUT2D eigenvalue weighted by molar-refractivity contribution is -0.389. The van der Waals surface area contributed by atoms with Crippen molar-refractivity contribution in [1.82, 2.24) is 9.97 Å². The largest absolute Gasteiger partial charge is 0.358 e. The van der Waals surface area contributed by atoms with Crippen LogP contribution in [-0.4, -0.2) is 14.9 Å². The third-order valence-electron chi connectivity index (χ3n) is 1.16. The van der Waals surface area contributed by atoms with Crippen molar-refractivity contribution in [2.24, 2.45) is 0 Å². The molecular formula is C5H6ClN3O2. The number of rotatable bonds is 2. The lowest BCUT2D eigenvalue weighted by atomic mass is 10.5. The lowest BCUT2D eigenvalue weighted by Crippen LogP contribution is -1.89. The van der Waals surface area contributed by atoms with Gasteiger partial charge in [-0.1, -0.05) is 0 Å². The van der Waals surface area contributed by atoms with Crippen molar-refractivity contribution >= 4 is 17.4 Å². The zero-order chi connectivity index (χ0) is 8.43. The van der Waals surface area contributed by atoms with E-state index in [0.717, 1.165) is 6.20 Å².